The summed E-state index contributed by atoms with van der Waals surface area (Å²) >= 11 is 5.57. The number of anilines is 2. The summed E-state index contributed by atoms with van der Waals surface area (Å²) in [7, 11) is -3.77. The van der Waals surface area contributed by atoms with Gasteiger partial charge in [0.05, 0.1) is 21.2 Å². The number of aryl methyl sites for hydroxylation is 1. The van der Waals surface area contributed by atoms with Crippen LogP contribution in [0.3, 0.4) is 0 Å². The Morgan fingerprint density at radius 1 is 1.03 bits per heavy atom. The fourth-order valence-electron chi connectivity index (χ4n) is 3.20. The first kappa shape index (κ1) is 26.4. The van der Waals surface area contributed by atoms with Crippen molar-refractivity contribution < 1.29 is 31.1 Å². The molecule has 0 aliphatic heterocycles. The molecule has 0 aliphatic carbocycles. The summed E-state index contributed by atoms with van der Waals surface area (Å²) in [5.74, 6) is -0.401. The Morgan fingerprint density at radius 2 is 1.66 bits per heavy atom. The van der Waals surface area contributed by atoms with E-state index in [2.05, 4.69) is 5.32 Å². The highest BCUT2D eigenvalue weighted by molar-refractivity contribution is 7.92. The van der Waals surface area contributed by atoms with Crippen molar-refractivity contribution in [3.8, 4) is 5.75 Å². The van der Waals surface area contributed by atoms with Crippen LogP contribution in [0.15, 0.2) is 71.6 Å². The third-order valence-corrected chi connectivity index (χ3v) is 7.19. The molecule has 0 saturated heterocycles. The van der Waals surface area contributed by atoms with E-state index >= 15 is 0 Å². The van der Waals surface area contributed by atoms with Crippen LogP contribution in [0.5, 0.6) is 5.75 Å². The summed E-state index contributed by atoms with van der Waals surface area (Å²) in [5.41, 5.74) is 0.209. The Balaban J connectivity index is 1.65. The van der Waals surface area contributed by atoms with Crippen LogP contribution in [-0.4, -0.2) is 27.5 Å². The third-order valence-electron chi connectivity index (χ3n) is 4.95. The molecule has 1 N–H and O–H groups in total. The molecule has 0 heterocycles. The first-order valence-corrected chi connectivity index (χ1v) is 12.2. The van der Waals surface area contributed by atoms with Crippen molar-refractivity contribution in [3.05, 3.63) is 82.9 Å². The van der Waals surface area contributed by atoms with Crippen molar-refractivity contribution in [3.63, 3.8) is 0 Å². The van der Waals surface area contributed by atoms with E-state index in [0.29, 0.717) is 5.69 Å². The second-order valence-corrected chi connectivity index (χ2v) is 9.78. The number of nitrogens with one attached hydrogen (secondary N) is 1. The summed E-state index contributed by atoms with van der Waals surface area (Å²) in [5, 5.41) is 1.85. The summed E-state index contributed by atoms with van der Waals surface area (Å²) in [6.07, 6.45) is -4.66. The van der Waals surface area contributed by atoms with Crippen molar-refractivity contribution in [2.24, 2.45) is 0 Å². The predicted molar refractivity (Wildman–Crippen MR) is 128 cm³/mol. The lowest BCUT2D eigenvalue weighted by Gasteiger charge is -2.23. The number of amides is 1. The molecule has 35 heavy (non-hydrogen) atoms. The zero-order chi connectivity index (χ0) is 25.8. The lowest BCUT2D eigenvalue weighted by molar-refractivity contribution is -0.137. The van der Waals surface area contributed by atoms with Crippen LogP contribution in [0.25, 0.3) is 0 Å². The fraction of sp³-hybridized carbons (Fsp3) is 0.208. The molecule has 0 fully saturated rings. The van der Waals surface area contributed by atoms with Gasteiger partial charge >= 0.3 is 6.18 Å². The zero-order valence-electron chi connectivity index (χ0n) is 18.8. The maximum absolute atomic E-state index is 13.0. The van der Waals surface area contributed by atoms with Crippen LogP contribution in [0.1, 0.15) is 18.1 Å². The molecular weight excluding hydrogens is 505 g/mol. The van der Waals surface area contributed by atoms with Gasteiger partial charge in [0, 0.05) is 12.2 Å². The number of hydrogen-bond acceptors (Lipinski definition) is 4. The Hall–Kier alpha value is -3.24. The van der Waals surface area contributed by atoms with Gasteiger partial charge in [-0.2, -0.15) is 13.2 Å². The molecule has 3 aromatic carbocycles. The number of carbonyl (C=O) groups excluding carboxylic acids is 1. The van der Waals surface area contributed by atoms with Gasteiger partial charge in [-0.05, 0) is 68.4 Å². The quantitative estimate of drug-likeness (QED) is 0.396. The average molecular weight is 527 g/mol. The van der Waals surface area contributed by atoms with Crippen LogP contribution >= 0.6 is 11.6 Å². The lowest BCUT2D eigenvalue weighted by atomic mass is 10.2. The first-order valence-electron chi connectivity index (χ1n) is 10.4. The van der Waals surface area contributed by atoms with Gasteiger partial charge in [0.1, 0.15) is 5.75 Å². The molecule has 0 spiro atoms. The normalized spacial score (nSPS) is 11.7. The van der Waals surface area contributed by atoms with Crippen LogP contribution in [-0.2, 0) is 21.0 Å². The molecule has 186 valence electrons. The summed E-state index contributed by atoms with van der Waals surface area (Å²) in [6.45, 7) is 3.30. The van der Waals surface area contributed by atoms with E-state index in [0.717, 1.165) is 17.7 Å². The molecule has 0 unspecified atom stereocenters. The van der Waals surface area contributed by atoms with E-state index in [1.807, 2.05) is 6.92 Å². The molecule has 3 rings (SSSR count). The van der Waals surface area contributed by atoms with E-state index in [-0.39, 0.29) is 22.9 Å². The number of carbonyl (C=O) groups is 1. The number of sulfonamides is 1. The number of ether oxygens (including phenoxy) is 1. The van der Waals surface area contributed by atoms with E-state index in [9.17, 15) is 26.4 Å². The van der Waals surface area contributed by atoms with E-state index in [4.69, 9.17) is 16.3 Å². The molecule has 6 nitrogen and oxygen atoms in total. The monoisotopic (exact) mass is 526 g/mol. The number of benzene rings is 3. The molecule has 0 radical (unpaired) electrons. The van der Waals surface area contributed by atoms with Crippen molar-refractivity contribution >= 4 is 38.9 Å². The maximum atomic E-state index is 13.0. The van der Waals surface area contributed by atoms with Gasteiger partial charge < -0.3 is 10.1 Å². The number of hydrogen-bond donors (Lipinski definition) is 1. The first-order chi connectivity index (χ1) is 16.4. The van der Waals surface area contributed by atoms with Crippen LogP contribution in [0.4, 0.5) is 24.5 Å². The molecule has 3 aromatic rings. The van der Waals surface area contributed by atoms with Crippen LogP contribution in [0.2, 0.25) is 5.02 Å². The van der Waals surface area contributed by atoms with Crippen molar-refractivity contribution in [2.45, 2.75) is 24.9 Å². The van der Waals surface area contributed by atoms with E-state index in [1.54, 1.807) is 31.2 Å². The van der Waals surface area contributed by atoms with Crippen molar-refractivity contribution in [2.75, 3.05) is 22.8 Å². The summed E-state index contributed by atoms with van der Waals surface area (Å²) < 4.78 is 71.6. The second kappa shape index (κ2) is 10.6. The molecule has 11 heteroatoms. The Morgan fingerprint density at radius 3 is 2.23 bits per heavy atom. The Labute approximate surface area is 206 Å². The molecule has 0 atom stereocenters. The molecule has 0 aromatic heterocycles. The molecule has 1 amide bonds. The Kier molecular flexibility index (Phi) is 7.97. The van der Waals surface area contributed by atoms with E-state index < -0.39 is 39.3 Å². The van der Waals surface area contributed by atoms with Crippen molar-refractivity contribution in [1.82, 2.24) is 0 Å². The fourth-order valence-corrected chi connectivity index (χ4v) is 4.90. The number of alkyl halides is 3. The summed E-state index contributed by atoms with van der Waals surface area (Å²) in [4.78, 5) is 12.3. The van der Waals surface area contributed by atoms with Gasteiger partial charge in [0.2, 0.25) is 0 Å². The van der Waals surface area contributed by atoms with Gasteiger partial charge in [-0.15, -0.1) is 0 Å². The SMILES string of the molecule is CCN(c1ccc(OCC(=O)Nc2ccc(Cl)c(C(F)(F)F)c2)cc1)S(=O)(=O)c1ccc(C)cc1. The van der Waals surface area contributed by atoms with Gasteiger partial charge in [-0.25, -0.2) is 8.42 Å². The highest BCUT2D eigenvalue weighted by Gasteiger charge is 2.33. The minimum absolute atomic E-state index is 0.0782. The highest BCUT2D eigenvalue weighted by Crippen LogP contribution is 2.36. The second-order valence-electron chi connectivity index (χ2n) is 7.51. The predicted octanol–water partition coefficient (Wildman–Crippen LogP) is 5.90. The third kappa shape index (κ3) is 6.46. The lowest BCUT2D eigenvalue weighted by Crippen LogP contribution is -2.30. The number of halogens is 4. The van der Waals surface area contributed by atoms with Gasteiger partial charge in [-0.1, -0.05) is 29.3 Å². The van der Waals surface area contributed by atoms with Crippen LogP contribution in [0, 0.1) is 6.92 Å². The van der Waals surface area contributed by atoms with E-state index in [1.165, 1.54) is 34.6 Å². The van der Waals surface area contributed by atoms with Crippen LogP contribution < -0.4 is 14.4 Å². The smallest absolute Gasteiger partial charge is 0.417 e. The molecule has 0 bridgehead atoms. The molecule has 0 saturated carbocycles. The minimum atomic E-state index is -4.66. The summed E-state index contributed by atoms with van der Waals surface area (Å²) in [6, 6.07) is 15.6. The van der Waals surface area contributed by atoms with Crippen molar-refractivity contribution in [1.29, 1.82) is 0 Å². The maximum Gasteiger partial charge on any atom is 0.417 e. The van der Waals surface area contributed by atoms with Gasteiger partial charge in [0.15, 0.2) is 6.61 Å². The average Bonchev–Trinajstić information content (AvgIpc) is 2.79. The minimum Gasteiger partial charge on any atom is -0.484 e. The zero-order valence-corrected chi connectivity index (χ0v) is 20.3. The highest BCUT2D eigenvalue weighted by atomic mass is 35.5. The molecular formula is C24H22ClF3N2O4S. The topological polar surface area (TPSA) is 75.7 Å². The molecule has 0 aliphatic rings. The Bertz CT molecular complexity index is 1300. The standard InChI is InChI=1S/C24H22ClF3N2O4S/c1-3-30(35(32,33)20-11-4-16(2)5-12-20)18-7-9-19(10-8-18)34-15-23(31)29-17-6-13-22(25)21(14-17)24(26,27)28/h4-14H,3,15H2,1-2H3,(H,29,31). The van der Waals surface area contributed by atoms with Gasteiger partial charge in [0.25, 0.3) is 15.9 Å². The largest absolute Gasteiger partial charge is 0.484 e. The number of nitrogens with zero attached hydrogens (tertiary/aromatic N) is 1. The number of rotatable bonds is 8. The van der Waals surface area contributed by atoms with Gasteiger partial charge in [-0.3, -0.25) is 9.10 Å².